The van der Waals surface area contributed by atoms with Gasteiger partial charge in [0.15, 0.2) is 0 Å². The Morgan fingerprint density at radius 1 is 1.38 bits per heavy atom. The lowest BCUT2D eigenvalue weighted by Crippen LogP contribution is -2.30. The highest BCUT2D eigenvalue weighted by Crippen LogP contribution is 2.04. The molecule has 1 fully saturated rings. The molecular weight excluding hydrogens is 160 g/mol. The Bertz CT molecular complexity index is 152. The van der Waals surface area contributed by atoms with Crippen molar-refractivity contribution in [2.75, 3.05) is 19.6 Å². The van der Waals surface area contributed by atoms with Crippen LogP contribution in [0.1, 0.15) is 32.1 Å². The molecule has 1 unspecified atom stereocenters. The predicted molar refractivity (Wildman–Crippen MR) is 56.6 cm³/mol. The van der Waals surface area contributed by atoms with Gasteiger partial charge in [0.25, 0.3) is 0 Å². The van der Waals surface area contributed by atoms with Gasteiger partial charge in [-0.05, 0) is 45.3 Å². The third-order valence-corrected chi connectivity index (χ3v) is 2.51. The lowest BCUT2D eigenvalue weighted by Gasteiger charge is -2.14. The first kappa shape index (κ1) is 10.6. The molecule has 0 aromatic carbocycles. The smallest absolute Gasteiger partial charge is 0.00981 e. The van der Waals surface area contributed by atoms with Crippen molar-refractivity contribution in [3.8, 4) is 12.3 Å². The summed E-state index contributed by atoms with van der Waals surface area (Å²) in [6.07, 6.45) is 11.1. The van der Waals surface area contributed by atoms with Crippen LogP contribution in [0.15, 0.2) is 0 Å². The maximum absolute atomic E-state index is 5.18. The quantitative estimate of drug-likeness (QED) is 0.500. The molecule has 0 saturated carbocycles. The van der Waals surface area contributed by atoms with E-state index in [9.17, 15) is 0 Å². The van der Waals surface area contributed by atoms with Crippen LogP contribution in [0.4, 0.5) is 0 Å². The molecule has 1 aliphatic heterocycles. The van der Waals surface area contributed by atoms with Gasteiger partial charge in [0.1, 0.15) is 0 Å². The highest BCUT2D eigenvalue weighted by atomic mass is 14.9. The molecule has 2 N–H and O–H groups in total. The van der Waals surface area contributed by atoms with Gasteiger partial charge in [-0.2, -0.15) is 0 Å². The summed E-state index contributed by atoms with van der Waals surface area (Å²) in [5.41, 5.74) is 0. The summed E-state index contributed by atoms with van der Waals surface area (Å²) in [5.74, 6) is 2.67. The summed E-state index contributed by atoms with van der Waals surface area (Å²) in [6.45, 7) is 3.42. The second kappa shape index (κ2) is 6.94. The molecule has 0 spiro atoms. The van der Waals surface area contributed by atoms with Crippen molar-refractivity contribution >= 4 is 0 Å². The van der Waals surface area contributed by atoms with Crippen LogP contribution in [0, 0.1) is 12.3 Å². The van der Waals surface area contributed by atoms with Gasteiger partial charge in [0, 0.05) is 12.5 Å². The minimum Gasteiger partial charge on any atom is -0.317 e. The van der Waals surface area contributed by atoms with Crippen molar-refractivity contribution in [3.63, 3.8) is 0 Å². The van der Waals surface area contributed by atoms with Gasteiger partial charge in [0.05, 0.1) is 0 Å². The average Bonchev–Trinajstić information content (AvgIpc) is 2.41. The van der Waals surface area contributed by atoms with Gasteiger partial charge in [-0.1, -0.05) is 0 Å². The minimum absolute atomic E-state index is 0.716. The molecule has 1 aliphatic rings. The SMILES string of the molecule is C#CCCCNC1CCCNCC1. The third kappa shape index (κ3) is 4.92. The molecular formula is C11H20N2. The van der Waals surface area contributed by atoms with Crippen LogP contribution in [0.3, 0.4) is 0 Å². The monoisotopic (exact) mass is 180 g/mol. The minimum atomic E-state index is 0.716. The molecule has 74 valence electrons. The van der Waals surface area contributed by atoms with E-state index < -0.39 is 0 Å². The van der Waals surface area contributed by atoms with Crippen molar-refractivity contribution in [3.05, 3.63) is 0 Å². The van der Waals surface area contributed by atoms with Crippen molar-refractivity contribution in [1.82, 2.24) is 10.6 Å². The van der Waals surface area contributed by atoms with Crippen LogP contribution in [-0.2, 0) is 0 Å². The van der Waals surface area contributed by atoms with E-state index in [1.807, 2.05) is 0 Å². The molecule has 2 nitrogen and oxygen atoms in total. The Morgan fingerprint density at radius 3 is 3.15 bits per heavy atom. The lowest BCUT2D eigenvalue weighted by molar-refractivity contribution is 0.466. The standard InChI is InChI=1S/C11H20N2/c1-2-3-4-9-13-11-6-5-8-12-10-7-11/h1,11-13H,3-10H2. The normalized spacial score (nSPS) is 23.5. The maximum atomic E-state index is 5.18. The Kier molecular flexibility index (Phi) is 5.64. The van der Waals surface area contributed by atoms with Crippen LogP contribution in [-0.4, -0.2) is 25.7 Å². The molecule has 0 aliphatic carbocycles. The lowest BCUT2D eigenvalue weighted by atomic mass is 10.1. The van der Waals surface area contributed by atoms with Gasteiger partial charge in [-0.3, -0.25) is 0 Å². The highest BCUT2D eigenvalue weighted by molar-refractivity contribution is 4.83. The van der Waals surface area contributed by atoms with E-state index in [1.165, 1.54) is 25.8 Å². The summed E-state index contributed by atoms with van der Waals surface area (Å²) in [5, 5.41) is 6.97. The highest BCUT2D eigenvalue weighted by Gasteiger charge is 2.09. The van der Waals surface area contributed by atoms with Gasteiger partial charge in [0.2, 0.25) is 0 Å². The van der Waals surface area contributed by atoms with Crippen molar-refractivity contribution in [1.29, 1.82) is 0 Å². The number of rotatable bonds is 4. The molecule has 1 saturated heterocycles. The third-order valence-electron chi connectivity index (χ3n) is 2.51. The van der Waals surface area contributed by atoms with E-state index >= 15 is 0 Å². The molecule has 1 atom stereocenters. The van der Waals surface area contributed by atoms with E-state index in [4.69, 9.17) is 6.42 Å². The van der Waals surface area contributed by atoms with Gasteiger partial charge >= 0.3 is 0 Å². The van der Waals surface area contributed by atoms with E-state index in [-0.39, 0.29) is 0 Å². The fourth-order valence-electron chi connectivity index (χ4n) is 1.72. The molecule has 0 amide bonds. The van der Waals surface area contributed by atoms with Gasteiger partial charge < -0.3 is 10.6 Å². The maximum Gasteiger partial charge on any atom is 0.00981 e. The molecule has 0 bridgehead atoms. The Labute approximate surface area is 81.5 Å². The molecule has 2 heteroatoms. The summed E-state index contributed by atoms with van der Waals surface area (Å²) in [7, 11) is 0. The molecule has 0 radical (unpaired) electrons. The fourth-order valence-corrected chi connectivity index (χ4v) is 1.72. The summed E-state index contributed by atoms with van der Waals surface area (Å²) in [4.78, 5) is 0. The van der Waals surface area contributed by atoms with E-state index in [0.717, 1.165) is 25.9 Å². The van der Waals surface area contributed by atoms with E-state index in [1.54, 1.807) is 0 Å². The number of hydrogen-bond acceptors (Lipinski definition) is 2. The van der Waals surface area contributed by atoms with Crippen LogP contribution in [0.2, 0.25) is 0 Å². The largest absolute Gasteiger partial charge is 0.317 e. The van der Waals surface area contributed by atoms with Crippen LogP contribution in [0.25, 0.3) is 0 Å². The number of unbranched alkanes of at least 4 members (excludes halogenated alkanes) is 1. The zero-order chi connectivity index (χ0) is 9.36. The Morgan fingerprint density at radius 2 is 2.31 bits per heavy atom. The molecule has 13 heavy (non-hydrogen) atoms. The first-order chi connectivity index (χ1) is 6.43. The van der Waals surface area contributed by atoms with Crippen molar-refractivity contribution in [2.45, 2.75) is 38.1 Å². The van der Waals surface area contributed by atoms with Crippen LogP contribution in [0.5, 0.6) is 0 Å². The summed E-state index contributed by atoms with van der Waals surface area (Å²) >= 11 is 0. The number of hydrogen-bond donors (Lipinski definition) is 2. The average molecular weight is 180 g/mol. The molecule has 0 aromatic heterocycles. The summed E-state index contributed by atoms with van der Waals surface area (Å²) < 4.78 is 0. The van der Waals surface area contributed by atoms with Crippen molar-refractivity contribution < 1.29 is 0 Å². The van der Waals surface area contributed by atoms with Crippen LogP contribution < -0.4 is 10.6 Å². The predicted octanol–water partition coefficient (Wildman–Crippen LogP) is 1.13. The zero-order valence-corrected chi connectivity index (χ0v) is 8.31. The molecule has 1 rings (SSSR count). The second-order valence-electron chi connectivity index (χ2n) is 3.64. The summed E-state index contributed by atoms with van der Waals surface area (Å²) in [6, 6.07) is 0.716. The van der Waals surface area contributed by atoms with Gasteiger partial charge in [-0.15, -0.1) is 12.3 Å². The first-order valence-electron chi connectivity index (χ1n) is 5.31. The number of nitrogens with one attached hydrogen (secondary N) is 2. The topological polar surface area (TPSA) is 24.1 Å². The Balaban J connectivity index is 2.02. The Hall–Kier alpha value is -0.520. The second-order valence-corrected chi connectivity index (χ2v) is 3.64. The van der Waals surface area contributed by atoms with Crippen LogP contribution >= 0.6 is 0 Å². The van der Waals surface area contributed by atoms with E-state index in [0.29, 0.717) is 6.04 Å². The fraction of sp³-hybridized carbons (Fsp3) is 0.818. The van der Waals surface area contributed by atoms with Crippen molar-refractivity contribution in [2.24, 2.45) is 0 Å². The van der Waals surface area contributed by atoms with E-state index in [2.05, 4.69) is 16.6 Å². The molecule has 0 aromatic rings. The zero-order valence-electron chi connectivity index (χ0n) is 8.31. The van der Waals surface area contributed by atoms with Gasteiger partial charge in [-0.25, -0.2) is 0 Å². The first-order valence-corrected chi connectivity index (χ1v) is 5.31. The number of terminal acetylenes is 1. The molecule has 1 heterocycles.